The number of carboxylic acids is 1. The lowest BCUT2D eigenvalue weighted by molar-refractivity contribution is -0.143. The van der Waals surface area contributed by atoms with Crippen molar-refractivity contribution in [2.75, 3.05) is 13.1 Å². The van der Waals surface area contributed by atoms with Crippen molar-refractivity contribution in [1.29, 1.82) is 0 Å². The molecule has 0 aliphatic carbocycles. The third-order valence-electron chi connectivity index (χ3n) is 3.22. The number of carbonyl (C=O) groups is 2. The number of amides is 1. The summed E-state index contributed by atoms with van der Waals surface area (Å²) >= 11 is 0. The van der Waals surface area contributed by atoms with Gasteiger partial charge in [0.2, 0.25) is 5.91 Å². The summed E-state index contributed by atoms with van der Waals surface area (Å²) in [5.41, 5.74) is 1.86. The molecule has 0 aromatic carbocycles. The van der Waals surface area contributed by atoms with Crippen LogP contribution in [-0.4, -0.2) is 44.5 Å². The number of aryl methyl sites for hydroxylation is 1. The molecule has 1 aromatic heterocycles. The number of imidazole rings is 1. The highest BCUT2D eigenvalue weighted by atomic mass is 16.4. The Hall–Kier alpha value is -1.85. The van der Waals surface area contributed by atoms with Crippen molar-refractivity contribution in [3.8, 4) is 0 Å². The SMILES string of the molecule is Cc1ncn(C2CCN(CC(=O)O)C2=O)c1C. The van der Waals surface area contributed by atoms with Crippen molar-refractivity contribution in [2.24, 2.45) is 0 Å². The largest absolute Gasteiger partial charge is 0.480 e. The van der Waals surface area contributed by atoms with Crippen LogP contribution in [0.2, 0.25) is 0 Å². The number of carbonyl (C=O) groups excluding carboxylic acids is 1. The lowest BCUT2D eigenvalue weighted by atomic mass is 10.2. The van der Waals surface area contributed by atoms with E-state index in [4.69, 9.17) is 5.11 Å². The van der Waals surface area contributed by atoms with Gasteiger partial charge in [0.1, 0.15) is 12.6 Å². The Labute approximate surface area is 98.9 Å². The van der Waals surface area contributed by atoms with Crippen LogP contribution >= 0.6 is 0 Å². The van der Waals surface area contributed by atoms with E-state index in [2.05, 4.69) is 4.98 Å². The van der Waals surface area contributed by atoms with E-state index in [1.54, 1.807) is 6.33 Å². The van der Waals surface area contributed by atoms with Crippen molar-refractivity contribution in [3.05, 3.63) is 17.7 Å². The number of aliphatic carboxylic acids is 1. The molecule has 1 atom stereocenters. The number of aromatic nitrogens is 2. The summed E-state index contributed by atoms with van der Waals surface area (Å²) in [5, 5.41) is 8.69. The Kier molecular flexibility index (Phi) is 2.87. The summed E-state index contributed by atoms with van der Waals surface area (Å²) < 4.78 is 1.83. The Bertz CT molecular complexity index is 467. The molecule has 6 heteroatoms. The molecule has 2 rings (SSSR count). The molecule has 1 aliphatic rings. The molecule has 92 valence electrons. The predicted octanol–water partition coefficient (Wildman–Crippen LogP) is 0.358. The van der Waals surface area contributed by atoms with Crippen LogP contribution in [0.3, 0.4) is 0 Å². The van der Waals surface area contributed by atoms with Crippen molar-refractivity contribution in [2.45, 2.75) is 26.3 Å². The van der Waals surface area contributed by atoms with E-state index in [-0.39, 0.29) is 18.5 Å². The first kappa shape index (κ1) is 11.6. The van der Waals surface area contributed by atoms with Gasteiger partial charge in [0.05, 0.1) is 12.0 Å². The Morgan fingerprint density at radius 3 is 2.82 bits per heavy atom. The summed E-state index contributed by atoms with van der Waals surface area (Å²) in [6.45, 7) is 4.07. The van der Waals surface area contributed by atoms with E-state index >= 15 is 0 Å². The minimum absolute atomic E-state index is 0.132. The first-order valence-electron chi connectivity index (χ1n) is 5.51. The van der Waals surface area contributed by atoms with E-state index in [1.807, 2.05) is 18.4 Å². The quantitative estimate of drug-likeness (QED) is 0.823. The minimum Gasteiger partial charge on any atom is -0.480 e. The third kappa shape index (κ3) is 2.02. The van der Waals surface area contributed by atoms with Gasteiger partial charge in [0.25, 0.3) is 0 Å². The summed E-state index contributed by atoms with van der Waals surface area (Å²) in [7, 11) is 0. The molecule has 1 fully saturated rings. The van der Waals surface area contributed by atoms with Gasteiger partial charge in [-0.25, -0.2) is 4.98 Å². The smallest absolute Gasteiger partial charge is 0.323 e. The number of nitrogens with zero attached hydrogens (tertiary/aromatic N) is 3. The number of hydrogen-bond acceptors (Lipinski definition) is 3. The monoisotopic (exact) mass is 237 g/mol. The van der Waals surface area contributed by atoms with Crippen LogP contribution in [0.4, 0.5) is 0 Å². The van der Waals surface area contributed by atoms with E-state index < -0.39 is 5.97 Å². The molecule has 17 heavy (non-hydrogen) atoms. The maximum Gasteiger partial charge on any atom is 0.323 e. The van der Waals surface area contributed by atoms with Gasteiger partial charge >= 0.3 is 5.97 Å². The first-order valence-corrected chi connectivity index (χ1v) is 5.51. The molecular formula is C11H15N3O3. The fourth-order valence-electron chi connectivity index (χ4n) is 2.13. The highest BCUT2D eigenvalue weighted by Crippen LogP contribution is 2.25. The highest BCUT2D eigenvalue weighted by molar-refractivity contribution is 5.86. The molecule has 2 heterocycles. The van der Waals surface area contributed by atoms with Gasteiger partial charge < -0.3 is 14.6 Å². The van der Waals surface area contributed by atoms with E-state index in [1.165, 1.54) is 4.90 Å². The van der Waals surface area contributed by atoms with Gasteiger partial charge in [-0.3, -0.25) is 9.59 Å². The lowest BCUT2D eigenvalue weighted by Gasteiger charge is -2.15. The standard InChI is InChI=1S/C11H15N3O3/c1-7-8(2)14(6-12-7)9-3-4-13(11(9)17)5-10(15)16/h6,9H,3-5H2,1-2H3,(H,15,16). The second kappa shape index (κ2) is 4.20. The summed E-state index contributed by atoms with van der Waals surface area (Å²) in [6, 6.07) is -0.296. The zero-order valence-electron chi connectivity index (χ0n) is 9.88. The van der Waals surface area contributed by atoms with Crippen LogP contribution in [0.25, 0.3) is 0 Å². The Morgan fingerprint density at radius 1 is 1.59 bits per heavy atom. The number of carboxylic acid groups (broad SMARTS) is 1. The average Bonchev–Trinajstić information content (AvgIpc) is 2.75. The fourth-order valence-corrected chi connectivity index (χ4v) is 2.13. The van der Waals surface area contributed by atoms with Crippen LogP contribution in [0, 0.1) is 13.8 Å². The minimum atomic E-state index is -0.975. The molecule has 0 radical (unpaired) electrons. The van der Waals surface area contributed by atoms with Gasteiger partial charge in [0.15, 0.2) is 0 Å². The van der Waals surface area contributed by atoms with Gasteiger partial charge in [0, 0.05) is 12.2 Å². The van der Waals surface area contributed by atoms with E-state index in [9.17, 15) is 9.59 Å². The van der Waals surface area contributed by atoms with Gasteiger partial charge in [-0.05, 0) is 20.3 Å². The van der Waals surface area contributed by atoms with E-state index in [0.29, 0.717) is 13.0 Å². The molecule has 1 aliphatic heterocycles. The molecule has 6 nitrogen and oxygen atoms in total. The van der Waals surface area contributed by atoms with Crippen LogP contribution in [0.1, 0.15) is 23.9 Å². The van der Waals surface area contributed by atoms with Crippen molar-refractivity contribution < 1.29 is 14.7 Å². The Morgan fingerprint density at radius 2 is 2.29 bits per heavy atom. The van der Waals surface area contributed by atoms with Crippen molar-refractivity contribution in [1.82, 2.24) is 14.5 Å². The van der Waals surface area contributed by atoms with Crippen molar-refractivity contribution >= 4 is 11.9 Å². The molecule has 1 aromatic rings. The van der Waals surface area contributed by atoms with Crippen LogP contribution < -0.4 is 0 Å². The fraction of sp³-hybridized carbons (Fsp3) is 0.545. The molecular weight excluding hydrogens is 222 g/mol. The summed E-state index contributed by atoms with van der Waals surface area (Å²) in [4.78, 5) is 28.2. The maximum absolute atomic E-state index is 12.0. The lowest BCUT2D eigenvalue weighted by Crippen LogP contribution is -2.33. The molecule has 1 amide bonds. The number of rotatable bonds is 3. The molecule has 1 saturated heterocycles. The second-order valence-corrected chi connectivity index (χ2v) is 4.28. The maximum atomic E-state index is 12.0. The molecule has 0 spiro atoms. The number of likely N-dealkylation sites (tertiary alicyclic amines) is 1. The van der Waals surface area contributed by atoms with Gasteiger partial charge in [-0.15, -0.1) is 0 Å². The average molecular weight is 237 g/mol. The molecule has 0 saturated carbocycles. The Balaban J connectivity index is 2.17. The number of hydrogen-bond donors (Lipinski definition) is 1. The van der Waals surface area contributed by atoms with Crippen LogP contribution in [-0.2, 0) is 9.59 Å². The summed E-state index contributed by atoms with van der Waals surface area (Å²) in [5.74, 6) is -1.11. The molecule has 1 unspecified atom stereocenters. The summed E-state index contributed by atoms with van der Waals surface area (Å²) in [6.07, 6.45) is 2.29. The molecule has 1 N–H and O–H groups in total. The second-order valence-electron chi connectivity index (χ2n) is 4.28. The van der Waals surface area contributed by atoms with Crippen molar-refractivity contribution in [3.63, 3.8) is 0 Å². The zero-order valence-corrected chi connectivity index (χ0v) is 9.88. The first-order chi connectivity index (χ1) is 8.00. The predicted molar refractivity (Wildman–Crippen MR) is 59.6 cm³/mol. The molecule has 0 bridgehead atoms. The third-order valence-corrected chi connectivity index (χ3v) is 3.22. The highest BCUT2D eigenvalue weighted by Gasteiger charge is 2.34. The van der Waals surface area contributed by atoms with Gasteiger partial charge in [-0.1, -0.05) is 0 Å². The van der Waals surface area contributed by atoms with Crippen LogP contribution in [0.15, 0.2) is 6.33 Å². The normalized spacial score (nSPS) is 20.0. The topological polar surface area (TPSA) is 75.4 Å². The van der Waals surface area contributed by atoms with Gasteiger partial charge in [-0.2, -0.15) is 0 Å². The van der Waals surface area contributed by atoms with Crippen LogP contribution in [0.5, 0.6) is 0 Å². The zero-order chi connectivity index (χ0) is 12.6. The van der Waals surface area contributed by atoms with E-state index in [0.717, 1.165) is 11.4 Å².